The quantitative estimate of drug-likeness (QED) is 0.870. The number of rotatable bonds is 4. The summed E-state index contributed by atoms with van der Waals surface area (Å²) in [5.74, 6) is 0. The molecule has 0 saturated heterocycles. The minimum absolute atomic E-state index is 0.765. The molecule has 0 amide bonds. The molecule has 0 aliphatic rings. The summed E-state index contributed by atoms with van der Waals surface area (Å²) in [6, 6.07) is 0. The van der Waals surface area contributed by atoms with Crippen molar-refractivity contribution in [1.82, 2.24) is 9.97 Å². The average molecular weight is 227 g/mol. The standard InChI is InChI=1S/C8H9N3OS2/c1-12-7-4-11-8(14-7)10-3-6-2-9-5-13-6/h2,4-5H,3H2,1H3,(H,10,11). The number of nitrogens with one attached hydrogen (secondary N) is 1. The summed E-state index contributed by atoms with van der Waals surface area (Å²) < 4.78 is 5.04. The third kappa shape index (κ3) is 2.21. The average Bonchev–Trinajstić information content (AvgIpc) is 2.86. The van der Waals surface area contributed by atoms with Gasteiger partial charge in [0, 0.05) is 11.1 Å². The monoisotopic (exact) mass is 227 g/mol. The number of ether oxygens (including phenoxy) is 1. The number of aromatic nitrogens is 2. The van der Waals surface area contributed by atoms with Crippen molar-refractivity contribution in [1.29, 1.82) is 0 Å². The van der Waals surface area contributed by atoms with Crippen LogP contribution in [0.4, 0.5) is 5.13 Å². The van der Waals surface area contributed by atoms with E-state index in [2.05, 4.69) is 15.3 Å². The number of hydrogen-bond donors (Lipinski definition) is 1. The van der Waals surface area contributed by atoms with E-state index in [9.17, 15) is 0 Å². The largest absolute Gasteiger partial charge is 0.486 e. The molecular weight excluding hydrogens is 218 g/mol. The molecule has 74 valence electrons. The number of thiazole rings is 2. The second kappa shape index (κ2) is 4.39. The Hall–Kier alpha value is -1.14. The Bertz CT molecular complexity index is 385. The van der Waals surface area contributed by atoms with E-state index in [-0.39, 0.29) is 0 Å². The third-order valence-corrected chi connectivity index (χ3v) is 3.28. The summed E-state index contributed by atoms with van der Waals surface area (Å²) in [6.07, 6.45) is 3.56. The maximum atomic E-state index is 5.04. The zero-order valence-electron chi connectivity index (χ0n) is 7.56. The second-order valence-corrected chi connectivity index (χ2v) is 4.47. The Morgan fingerprint density at radius 1 is 1.50 bits per heavy atom. The molecule has 1 N–H and O–H groups in total. The van der Waals surface area contributed by atoms with Gasteiger partial charge >= 0.3 is 0 Å². The Labute approximate surface area is 89.6 Å². The molecule has 0 aliphatic carbocycles. The molecule has 2 aromatic rings. The highest BCUT2D eigenvalue weighted by Crippen LogP contribution is 2.25. The van der Waals surface area contributed by atoms with Crippen molar-refractivity contribution < 1.29 is 4.74 Å². The molecule has 0 spiro atoms. The van der Waals surface area contributed by atoms with Crippen LogP contribution in [0.25, 0.3) is 0 Å². The molecule has 0 fully saturated rings. The lowest BCUT2D eigenvalue weighted by Gasteiger charge is -1.97. The van der Waals surface area contributed by atoms with E-state index in [0.29, 0.717) is 0 Å². The van der Waals surface area contributed by atoms with Crippen LogP contribution in [0.5, 0.6) is 5.06 Å². The summed E-state index contributed by atoms with van der Waals surface area (Å²) in [4.78, 5) is 9.34. The number of hydrogen-bond acceptors (Lipinski definition) is 6. The Morgan fingerprint density at radius 3 is 3.07 bits per heavy atom. The number of nitrogens with zero attached hydrogens (tertiary/aromatic N) is 2. The fraction of sp³-hybridized carbons (Fsp3) is 0.250. The predicted octanol–water partition coefficient (Wildman–Crippen LogP) is 2.22. The molecule has 0 saturated carbocycles. The van der Waals surface area contributed by atoms with E-state index in [1.165, 1.54) is 16.2 Å². The summed E-state index contributed by atoms with van der Waals surface area (Å²) >= 11 is 3.12. The van der Waals surface area contributed by atoms with Crippen molar-refractivity contribution in [3.63, 3.8) is 0 Å². The highest BCUT2D eigenvalue weighted by molar-refractivity contribution is 7.17. The van der Waals surface area contributed by atoms with E-state index in [1.807, 2.05) is 11.7 Å². The van der Waals surface area contributed by atoms with Crippen molar-refractivity contribution >= 4 is 27.8 Å². The molecule has 4 nitrogen and oxygen atoms in total. The minimum Gasteiger partial charge on any atom is -0.486 e. The Balaban J connectivity index is 1.92. The van der Waals surface area contributed by atoms with Crippen molar-refractivity contribution in [2.75, 3.05) is 12.4 Å². The smallest absolute Gasteiger partial charge is 0.195 e. The first-order chi connectivity index (χ1) is 6.88. The summed E-state index contributed by atoms with van der Waals surface area (Å²) in [7, 11) is 1.64. The van der Waals surface area contributed by atoms with Gasteiger partial charge in [-0.25, -0.2) is 4.98 Å². The van der Waals surface area contributed by atoms with Crippen LogP contribution < -0.4 is 10.1 Å². The minimum atomic E-state index is 0.765. The Kier molecular flexibility index (Phi) is 2.95. The molecule has 6 heteroatoms. The molecule has 2 aromatic heterocycles. The summed E-state index contributed by atoms with van der Waals surface area (Å²) in [5.41, 5.74) is 1.82. The molecule has 14 heavy (non-hydrogen) atoms. The third-order valence-electron chi connectivity index (χ3n) is 1.58. The fourth-order valence-electron chi connectivity index (χ4n) is 0.928. The Morgan fingerprint density at radius 2 is 2.43 bits per heavy atom. The lowest BCUT2D eigenvalue weighted by molar-refractivity contribution is 0.426. The molecule has 0 aliphatic heterocycles. The highest BCUT2D eigenvalue weighted by atomic mass is 32.1. The normalized spacial score (nSPS) is 10.1. The van der Waals surface area contributed by atoms with E-state index >= 15 is 0 Å². The SMILES string of the molecule is COc1cnc(NCc2cncs2)s1. The van der Waals surface area contributed by atoms with E-state index in [0.717, 1.165) is 16.7 Å². The number of methoxy groups -OCH3 is 1. The van der Waals surface area contributed by atoms with E-state index in [1.54, 1.807) is 24.6 Å². The first kappa shape index (κ1) is 9.42. The van der Waals surface area contributed by atoms with Gasteiger partial charge in [-0.3, -0.25) is 4.98 Å². The van der Waals surface area contributed by atoms with E-state index in [4.69, 9.17) is 4.74 Å². The van der Waals surface area contributed by atoms with Gasteiger partial charge in [-0.05, 0) is 0 Å². The first-order valence-electron chi connectivity index (χ1n) is 3.99. The molecule has 0 bridgehead atoms. The van der Waals surface area contributed by atoms with Crippen LogP contribution in [-0.2, 0) is 6.54 Å². The number of anilines is 1. The maximum absolute atomic E-state index is 5.04. The lowest BCUT2D eigenvalue weighted by Crippen LogP contribution is -1.95. The van der Waals surface area contributed by atoms with Crippen LogP contribution in [-0.4, -0.2) is 17.1 Å². The van der Waals surface area contributed by atoms with Crippen LogP contribution >= 0.6 is 22.7 Å². The zero-order chi connectivity index (χ0) is 9.80. The van der Waals surface area contributed by atoms with Crippen LogP contribution in [0.3, 0.4) is 0 Å². The molecular formula is C8H9N3OS2. The van der Waals surface area contributed by atoms with Gasteiger partial charge in [0.2, 0.25) is 0 Å². The van der Waals surface area contributed by atoms with E-state index < -0.39 is 0 Å². The topological polar surface area (TPSA) is 47.0 Å². The lowest BCUT2D eigenvalue weighted by atomic mass is 10.5. The molecule has 2 rings (SSSR count). The highest BCUT2D eigenvalue weighted by Gasteiger charge is 2.01. The summed E-state index contributed by atoms with van der Waals surface area (Å²) in [6.45, 7) is 0.765. The van der Waals surface area contributed by atoms with Crippen molar-refractivity contribution in [3.8, 4) is 5.06 Å². The van der Waals surface area contributed by atoms with Gasteiger partial charge in [-0.1, -0.05) is 11.3 Å². The predicted molar refractivity (Wildman–Crippen MR) is 58.1 cm³/mol. The van der Waals surface area contributed by atoms with Gasteiger partial charge in [0.15, 0.2) is 10.2 Å². The second-order valence-electron chi connectivity index (χ2n) is 2.51. The van der Waals surface area contributed by atoms with Gasteiger partial charge in [-0.15, -0.1) is 11.3 Å². The van der Waals surface area contributed by atoms with Gasteiger partial charge in [-0.2, -0.15) is 0 Å². The van der Waals surface area contributed by atoms with Crippen LogP contribution in [0.15, 0.2) is 17.9 Å². The molecule has 0 radical (unpaired) electrons. The van der Waals surface area contributed by atoms with Crippen LogP contribution in [0, 0.1) is 0 Å². The van der Waals surface area contributed by atoms with Crippen LogP contribution in [0.2, 0.25) is 0 Å². The van der Waals surface area contributed by atoms with Crippen molar-refractivity contribution in [2.45, 2.75) is 6.54 Å². The molecule has 0 unspecified atom stereocenters. The molecule has 0 aromatic carbocycles. The van der Waals surface area contributed by atoms with Crippen LogP contribution in [0.1, 0.15) is 4.88 Å². The fourth-order valence-corrected chi connectivity index (χ4v) is 2.09. The molecule has 0 atom stereocenters. The van der Waals surface area contributed by atoms with Gasteiger partial charge < -0.3 is 10.1 Å². The van der Waals surface area contributed by atoms with Gasteiger partial charge in [0.25, 0.3) is 0 Å². The molecule has 2 heterocycles. The van der Waals surface area contributed by atoms with Gasteiger partial charge in [0.1, 0.15) is 0 Å². The van der Waals surface area contributed by atoms with Crippen molar-refractivity contribution in [2.24, 2.45) is 0 Å². The zero-order valence-corrected chi connectivity index (χ0v) is 9.19. The van der Waals surface area contributed by atoms with Gasteiger partial charge in [0.05, 0.1) is 25.4 Å². The summed E-state index contributed by atoms with van der Waals surface area (Å²) in [5, 5.41) is 4.89. The maximum Gasteiger partial charge on any atom is 0.195 e. The first-order valence-corrected chi connectivity index (χ1v) is 5.69. The van der Waals surface area contributed by atoms with Crippen molar-refractivity contribution in [3.05, 3.63) is 22.8 Å².